The first kappa shape index (κ1) is 21.6. The monoisotopic (exact) mass is 449 g/mol. The van der Waals surface area contributed by atoms with Crippen molar-refractivity contribution in [3.63, 3.8) is 0 Å². The van der Waals surface area contributed by atoms with Gasteiger partial charge in [0.05, 0.1) is 4.90 Å². The number of fused-ring (bicyclic) bond motifs is 1. The summed E-state index contributed by atoms with van der Waals surface area (Å²) in [7, 11) is -3.83. The van der Waals surface area contributed by atoms with Crippen molar-refractivity contribution in [2.24, 2.45) is 0 Å². The summed E-state index contributed by atoms with van der Waals surface area (Å²) in [6, 6.07) is 20.5. The normalized spacial score (nSPS) is 12.1. The van der Waals surface area contributed by atoms with Gasteiger partial charge in [-0.3, -0.25) is 4.72 Å². The molecule has 0 bridgehead atoms. The topological polar surface area (TPSA) is 96.6 Å². The molecule has 3 aromatic carbocycles. The SMILES string of the molecule is CC(C)(C)c1ccc(S(=O)(=O)Nc2ccc3oc(C(=O)O)c(-c4ccccc4)c3c2)cc1. The second kappa shape index (κ2) is 7.84. The van der Waals surface area contributed by atoms with Crippen LogP contribution in [0.1, 0.15) is 36.9 Å². The number of nitrogens with one attached hydrogen (secondary N) is 1. The number of hydrogen-bond donors (Lipinski definition) is 2. The van der Waals surface area contributed by atoms with Crippen LogP contribution in [0.15, 0.2) is 82.1 Å². The fraction of sp³-hybridized carbons (Fsp3) is 0.160. The number of carboxylic acid groups (broad SMARTS) is 1. The Morgan fingerprint density at radius 2 is 1.59 bits per heavy atom. The first-order valence-electron chi connectivity index (χ1n) is 10.0. The fourth-order valence-electron chi connectivity index (χ4n) is 3.55. The number of furan rings is 1. The zero-order valence-electron chi connectivity index (χ0n) is 17.9. The maximum atomic E-state index is 12.9. The van der Waals surface area contributed by atoms with Crippen LogP contribution in [0.4, 0.5) is 5.69 Å². The van der Waals surface area contributed by atoms with E-state index in [2.05, 4.69) is 25.5 Å². The number of carboxylic acids is 1. The van der Waals surface area contributed by atoms with Gasteiger partial charge in [0.15, 0.2) is 0 Å². The van der Waals surface area contributed by atoms with Crippen LogP contribution in [0.2, 0.25) is 0 Å². The van der Waals surface area contributed by atoms with Gasteiger partial charge in [0.2, 0.25) is 5.76 Å². The Kier molecular flexibility index (Phi) is 5.30. The average molecular weight is 450 g/mol. The van der Waals surface area contributed by atoms with Crippen molar-refractivity contribution in [2.45, 2.75) is 31.1 Å². The van der Waals surface area contributed by atoms with Gasteiger partial charge in [-0.2, -0.15) is 0 Å². The fourth-order valence-corrected chi connectivity index (χ4v) is 4.60. The summed E-state index contributed by atoms with van der Waals surface area (Å²) >= 11 is 0. The van der Waals surface area contributed by atoms with Crippen molar-refractivity contribution in [3.8, 4) is 11.1 Å². The lowest BCUT2D eigenvalue weighted by molar-refractivity contribution is 0.0666. The first-order chi connectivity index (χ1) is 15.1. The average Bonchev–Trinajstić information content (AvgIpc) is 3.13. The summed E-state index contributed by atoms with van der Waals surface area (Å²) < 4.78 is 34.0. The molecule has 6 nitrogen and oxygen atoms in total. The molecule has 2 N–H and O–H groups in total. The third kappa shape index (κ3) is 4.11. The van der Waals surface area contributed by atoms with Crippen LogP contribution in [-0.4, -0.2) is 19.5 Å². The van der Waals surface area contributed by atoms with Crippen LogP contribution in [0.3, 0.4) is 0 Å². The molecule has 1 heterocycles. The lowest BCUT2D eigenvalue weighted by Crippen LogP contribution is -2.14. The summed E-state index contributed by atoms with van der Waals surface area (Å²) in [5.41, 5.74) is 2.69. The van der Waals surface area contributed by atoms with Gasteiger partial charge in [0.25, 0.3) is 10.0 Å². The highest BCUT2D eigenvalue weighted by molar-refractivity contribution is 7.92. The second-order valence-corrected chi connectivity index (χ2v) is 10.3. The summed E-state index contributed by atoms with van der Waals surface area (Å²) in [6.07, 6.45) is 0. The zero-order valence-corrected chi connectivity index (χ0v) is 18.7. The lowest BCUT2D eigenvalue weighted by atomic mass is 9.87. The Bertz CT molecular complexity index is 1400. The van der Waals surface area contributed by atoms with Gasteiger partial charge in [-0.25, -0.2) is 13.2 Å². The van der Waals surface area contributed by atoms with Crippen LogP contribution in [0.25, 0.3) is 22.1 Å². The van der Waals surface area contributed by atoms with E-state index < -0.39 is 16.0 Å². The maximum absolute atomic E-state index is 12.9. The lowest BCUT2D eigenvalue weighted by Gasteiger charge is -2.19. The summed E-state index contributed by atoms with van der Waals surface area (Å²) in [6.45, 7) is 6.18. The largest absolute Gasteiger partial charge is 0.475 e. The van der Waals surface area contributed by atoms with Crippen molar-refractivity contribution in [3.05, 3.63) is 84.1 Å². The molecule has 4 rings (SSSR count). The molecule has 7 heteroatoms. The number of anilines is 1. The highest BCUT2D eigenvalue weighted by Crippen LogP contribution is 2.36. The predicted molar refractivity (Wildman–Crippen MR) is 125 cm³/mol. The predicted octanol–water partition coefficient (Wildman–Crippen LogP) is 5.90. The Labute approximate surface area is 186 Å². The third-order valence-electron chi connectivity index (χ3n) is 5.23. The first-order valence-corrected chi connectivity index (χ1v) is 11.5. The Morgan fingerprint density at radius 1 is 0.938 bits per heavy atom. The van der Waals surface area contributed by atoms with Gasteiger partial charge in [-0.1, -0.05) is 63.2 Å². The third-order valence-corrected chi connectivity index (χ3v) is 6.62. The highest BCUT2D eigenvalue weighted by atomic mass is 32.2. The van der Waals surface area contributed by atoms with E-state index in [1.165, 1.54) is 0 Å². The van der Waals surface area contributed by atoms with Gasteiger partial charge < -0.3 is 9.52 Å². The van der Waals surface area contributed by atoms with Crippen LogP contribution in [0.5, 0.6) is 0 Å². The number of rotatable bonds is 5. The van der Waals surface area contributed by atoms with Crippen molar-refractivity contribution in [1.29, 1.82) is 0 Å². The molecule has 164 valence electrons. The van der Waals surface area contributed by atoms with Crippen molar-refractivity contribution < 1.29 is 22.7 Å². The molecule has 0 aliphatic rings. The van der Waals surface area contributed by atoms with Crippen LogP contribution >= 0.6 is 0 Å². The standard InChI is InChI=1S/C25H23NO5S/c1-25(2,3)17-9-12-19(13-10-17)32(29,30)26-18-11-14-21-20(15-18)22(23(31-21)24(27)28)16-7-5-4-6-8-16/h4-15,26H,1-3H3,(H,27,28). The van der Waals surface area contributed by atoms with E-state index in [0.29, 0.717) is 27.8 Å². The molecule has 0 aliphatic carbocycles. The van der Waals surface area contributed by atoms with Gasteiger partial charge in [0, 0.05) is 16.6 Å². The molecule has 0 aliphatic heterocycles. The molecular weight excluding hydrogens is 426 g/mol. The molecule has 0 saturated carbocycles. The number of aromatic carboxylic acids is 1. The summed E-state index contributed by atoms with van der Waals surface area (Å²) in [5, 5.41) is 10.1. The molecule has 32 heavy (non-hydrogen) atoms. The summed E-state index contributed by atoms with van der Waals surface area (Å²) in [4.78, 5) is 11.9. The maximum Gasteiger partial charge on any atom is 0.372 e. The molecule has 0 spiro atoms. The number of hydrogen-bond acceptors (Lipinski definition) is 4. The molecule has 1 aromatic heterocycles. The number of carbonyl (C=O) groups is 1. The van der Waals surface area contributed by atoms with Crippen molar-refractivity contribution in [1.82, 2.24) is 0 Å². The molecule has 0 radical (unpaired) electrons. The Morgan fingerprint density at radius 3 is 2.19 bits per heavy atom. The van der Waals surface area contributed by atoms with Gasteiger partial charge in [0.1, 0.15) is 5.58 Å². The van der Waals surface area contributed by atoms with Gasteiger partial charge in [-0.15, -0.1) is 0 Å². The van der Waals surface area contributed by atoms with E-state index in [0.717, 1.165) is 5.56 Å². The second-order valence-electron chi connectivity index (χ2n) is 8.57. The Hall–Kier alpha value is -3.58. The van der Waals surface area contributed by atoms with Gasteiger partial charge in [-0.05, 0) is 46.9 Å². The number of benzene rings is 3. The molecule has 0 saturated heterocycles. The minimum absolute atomic E-state index is 0.0856. The van der Waals surface area contributed by atoms with E-state index in [-0.39, 0.29) is 16.1 Å². The van der Waals surface area contributed by atoms with Gasteiger partial charge >= 0.3 is 5.97 Å². The quantitative estimate of drug-likeness (QED) is 0.396. The van der Waals surface area contributed by atoms with E-state index >= 15 is 0 Å². The van der Waals surface area contributed by atoms with Crippen LogP contribution in [0, 0.1) is 0 Å². The zero-order chi connectivity index (χ0) is 23.1. The minimum atomic E-state index is -3.83. The highest BCUT2D eigenvalue weighted by Gasteiger charge is 2.23. The molecule has 0 atom stereocenters. The van der Waals surface area contributed by atoms with E-state index in [9.17, 15) is 18.3 Å². The molecule has 4 aromatic rings. The van der Waals surface area contributed by atoms with Crippen molar-refractivity contribution in [2.75, 3.05) is 4.72 Å². The van der Waals surface area contributed by atoms with E-state index in [4.69, 9.17) is 4.42 Å². The van der Waals surface area contributed by atoms with Crippen molar-refractivity contribution >= 4 is 32.6 Å². The van der Waals surface area contributed by atoms with E-state index in [1.54, 1.807) is 66.7 Å². The minimum Gasteiger partial charge on any atom is -0.475 e. The molecular formula is C25H23NO5S. The smallest absolute Gasteiger partial charge is 0.372 e. The molecule has 0 amide bonds. The summed E-state index contributed by atoms with van der Waals surface area (Å²) in [5.74, 6) is -1.38. The van der Waals surface area contributed by atoms with E-state index in [1.807, 2.05) is 6.07 Å². The van der Waals surface area contributed by atoms with Crippen LogP contribution < -0.4 is 4.72 Å². The number of sulfonamides is 1. The van der Waals surface area contributed by atoms with Crippen LogP contribution in [-0.2, 0) is 15.4 Å². The molecule has 0 unspecified atom stereocenters. The molecule has 0 fully saturated rings. The Balaban J connectivity index is 1.75.